The summed E-state index contributed by atoms with van der Waals surface area (Å²) in [5.41, 5.74) is 1.75. The molecule has 0 amide bonds. The normalized spacial score (nSPS) is 17.8. The maximum absolute atomic E-state index is 10.3. The fraction of sp³-hybridized carbons (Fsp3) is 0.500. The van der Waals surface area contributed by atoms with E-state index in [2.05, 4.69) is 36.9 Å². The summed E-state index contributed by atoms with van der Waals surface area (Å²) >= 11 is 3.38. The molecule has 1 fully saturated rings. The van der Waals surface area contributed by atoms with E-state index in [9.17, 15) is 5.11 Å². The molecule has 1 aliphatic carbocycles. The molecule has 1 unspecified atom stereocenters. The summed E-state index contributed by atoms with van der Waals surface area (Å²) in [6.45, 7) is 0. The van der Waals surface area contributed by atoms with Gasteiger partial charge in [-0.2, -0.15) is 5.10 Å². The van der Waals surface area contributed by atoms with Gasteiger partial charge in [-0.15, -0.1) is 0 Å². The number of nitrogens with zero attached hydrogens (tertiary/aromatic N) is 3. The molecule has 4 nitrogen and oxygen atoms in total. The SMILES string of the molecule is OC(Cc1ccn(C2CCCCC2)n1)c1cncc(Br)c1. The number of aliphatic hydroxyl groups excluding tert-OH is 1. The third kappa shape index (κ3) is 3.71. The molecule has 2 aromatic heterocycles. The van der Waals surface area contributed by atoms with Crippen LogP contribution in [0.3, 0.4) is 0 Å². The maximum Gasteiger partial charge on any atom is 0.0861 e. The molecule has 0 saturated heterocycles. The fourth-order valence-electron chi connectivity index (χ4n) is 2.96. The summed E-state index contributed by atoms with van der Waals surface area (Å²) in [7, 11) is 0. The lowest BCUT2D eigenvalue weighted by Crippen LogP contribution is -2.13. The van der Waals surface area contributed by atoms with Crippen molar-refractivity contribution >= 4 is 15.9 Å². The Hall–Kier alpha value is -1.20. The highest BCUT2D eigenvalue weighted by molar-refractivity contribution is 9.10. The third-order valence-corrected chi connectivity index (χ3v) is 4.56. The summed E-state index contributed by atoms with van der Waals surface area (Å²) in [5.74, 6) is 0. The number of aliphatic hydroxyl groups is 1. The Bertz CT molecular complexity index is 593. The molecule has 1 atom stereocenters. The molecule has 1 aliphatic rings. The van der Waals surface area contributed by atoms with Gasteiger partial charge in [0.1, 0.15) is 0 Å². The van der Waals surface area contributed by atoms with Crippen LogP contribution in [-0.2, 0) is 6.42 Å². The van der Waals surface area contributed by atoms with Crippen LogP contribution in [0.5, 0.6) is 0 Å². The molecule has 0 bridgehead atoms. The minimum atomic E-state index is -0.565. The first-order valence-electron chi connectivity index (χ1n) is 7.55. The molecule has 0 radical (unpaired) electrons. The Balaban J connectivity index is 1.66. The van der Waals surface area contributed by atoms with Gasteiger partial charge in [-0.05, 0) is 40.9 Å². The van der Waals surface area contributed by atoms with Crippen molar-refractivity contribution in [1.29, 1.82) is 0 Å². The van der Waals surface area contributed by atoms with Crippen LogP contribution in [0.25, 0.3) is 0 Å². The van der Waals surface area contributed by atoms with Crippen molar-refractivity contribution in [3.8, 4) is 0 Å². The Morgan fingerprint density at radius 3 is 2.86 bits per heavy atom. The molecule has 2 heterocycles. The van der Waals surface area contributed by atoms with E-state index in [0.717, 1.165) is 15.7 Å². The zero-order chi connectivity index (χ0) is 14.7. The van der Waals surface area contributed by atoms with Gasteiger partial charge in [-0.3, -0.25) is 9.67 Å². The average molecular weight is 350 g/mol. The van der Waals surface area contributed by atoms with Gasteiger partial charge >= 0.3 is 0 Å². The van der Waals surface area contributed by atoms with Gasteiger partial charge in [0.05, 0.1) is 17.8 Å². The molecule has 1 saturated carbocycles. The molecular weight excluding hydrogens is 330 g/mol. The van der Waals surface area contributed by atoms with Crippen molar-refractivity contribution < 1.29 is 5.11 Å². The second-order valence-corrected chi connectivity index (χ2v) is 6.65. The van der Waals surface area contributed by atoms with E-state index in [1.807, 2.05) is 12.1 Å². The van der Waals surface area contributed by atoms with Gasteiger partial charge in [0.2, 0.25) is 0 Å². The molecular formula is C16H20BrN3O. The van der Waals surface area contributed by atoms with E-state index in [1.54, 1.807) is 12.4 Å². The molecule has 3 rings (SSSR count). The highest BCUT2D eigenvalue weighted by atomic mass is 79.9. The van der Waals surface area contributed by atoms with E-state index >= 15 is 0 Å². The number of aromatic nitrogens is 3. The molecule has 2 aromatic rings. The lowest BCUT2D eigenvalue weighted by molar-refractivity contribution is 0.176. The van der Waals surface area contributed by atoms with Crippen molar-refractivity contribution in [2.75, 3.05) is 0 Å². The lowest BCUT2D eigenvalue weighted by atomic mass is 9.96. The minimum absolute atomic E-state index is 0.526. The predicted octanol–water partition coefficient (Wildman–Crippen LogP) is 3.82. The number of hydrogen-bond donors (Lipinski definition) is 1. The summed E-state index contributed by atoms with van der Waals surface area (Å²) in [4.78, 5) is 4.09. The number of pyridine rings is 1. The second kappa shape index (κ2) is 6.71. The van der Waals surface area contributed by atoms with Gasteiger partial charge < -0.3 is 5.11 Å². The Morgan fingerprint density at radius 1 is 1.29 bits per heavy atom. The molecule has 1 N–H and O–H groups in total. The van der Waals surface area contributed by atoms with E-state index in [-0.39, 0.29) is 0 Å². The molecule has 0 spiro atoms. The number of hydrogen-bond acceptors (Lipinski definition) is 3. The first-order chi connectivity index (χ1) is 10.2. The van der Waals surface area contributed by atoms with Crippen molar-refractivity contribution in [2.24, 2.45) is 0 Å². The Labute approximate surface area is 133 Å². The lowest BCUT2D eigenvalue weighted by Gasteiger charge is -2.21. The topological polar surface area (TPSA) is 50.9 Å². The minimum Gasteiger partial charge on any atom is -0.388 e. The monoisotopic (exact) mass is 349 g/mol. The number of halogens is 1. The molecule has 112 valence electrons. The van der Waals surface area contributed by atoms with E-state index in [0.29, 0.717) is 12.5 Å². The molecule has 0 aliphatic heterocycles. The van der Waals surface area contributed by atoms with Crippen LogP contribution in [0.2, 0.25) is 0 Å². The van der Waals surface area contributed by atoms with E-state index in [4.69, 9.17) is 0 Å². The van der Waals surface area contributed by atoms with Crippen molar-refractivity contribution in [3.63, 3.8) is 0 Å². The summed E-state index contributed by atoms with van der Waals surface area (Å²) in [5, 5.41) is 15.0. The Kier molecular flexibility index (Phi) is 4.70. The van der Waals surface area contributed by atoms with Gasteiger partial charge in [-0.1, -0.05) is 19.3 Å². The molecule has 0 aromatic carbocycles. The largest absolute Gasteiger partial charge is 0.388 e. The van der Waals surface area contributed by atoms with E-state index < -0.39 is 6.10 Å². The van der Waals surface area contributed by atoms with Crippen molar-refractivity contribution in [2.45, 2.75) is 50.7 Å². The first kappa shape index (κ1) is 14.7. The highest BCUT2D eigenvalue weighted by Crippen LogP contribution is 2.28. The number of rotatable bonds is 4. The third-order valence-electron chi connectivity index (χ3n) is 4.13. The van der Waals surface area contributed by atoms with Crippen molar-refractivity contribution in [3.05, 3.63) is 46.5 Å². The summed E-state index contributed by atoms with van der Waals surface area (Å²) < 4.78 is 2.96. The van der Waals surface area contributed by atoms with Crippen LogP contribution < -0.4 is 0 Å². The van der Waals surface area contributed by atoms with Gasteiger partial charge in [0.15, 0.2) is 0 Å². The zero-order valence-electron chi connectivity index (χ0n) is 12.0. The summed E-state index contributed by atoms with van der Waals surface area (Å²) in [6.07, 6.45) is 11.8. The van der Waals surface area contributed by atoms with Crippen LogP contribution in [0.4, 0.5) is 0 Å². The van der Waals surface area contributed by atoms with Crippen LogP contribution in [0, 0.1) is 0 Å². The quantitative estimate of drug-likeness (QED) is 0.912. The van der Waals surface area contributed by atoms with Crippen LogP contribution >= 0.6 is 15.9 Å². The van der Waals surface area contributed by atoms with Gasteiger partial charge in [0, 0.05) is 35.0 Å². The second-order valence-electron chi connectivity index (χ2n) is 5.74. The van der Waals surface area contributed by atoms with Gasteiger partial charge in [-0.25, -0.2) is 0 Å². The van der Waals surface area contributed by atoms with Crippen LogP contribution in [-0.4, -0.2) is 19.9 Å². The summed E-state index contributed by atoms with van der Waals surface area (Å²) in [6, 6.07) is 4.45. The standard InChI is InChI=1S/C16H20BrN3O/c17-13-8-12(10-18-11-13)16(21)9-14-6-7-20(19-14)15-4-2-1-3-5-15/h6-8,10-11,15-16,21H,1-5,9H2. The first-order valence-corrected chi connectivity index (χ1v) is 8.34. The average Bonchev–Trinajstić information content (AvgIpc) is 2.97. The van der Waals surface area contributed by atoms with Crippen molar-refractivity contribution in [1.82, 2.24) is 14.8 Å². The molecule has 5 heteroatoms. The highest BCUT2D eigenvalue weighted by Gasteiger charge is 2.17. The predicted molar refractivity (Wildman–Crippen MR) is 84.9 cm³/mol. The zero-order valence-corrected chi connectivity index (χ0v) is 13.5. The smallest absolute Gasteiger partial charge is 0.0861 e. The van der Waals surface area contributed by atoms with Crippen LogP contribution in [0.1, 0.15) is 55.5 Å². The fourth-order valence-corrected chi connectivity index (χ4v) is 3.34. The molecule has 21 heavy (non-hydrogen) atoms. The van der Waals surface area contributed by atoms with Crippen LogP contribution in [0.15, 0.2) is 35.2 Å². The maximum atomic E-state index is 10.3. The Morgan fingerprint density at radius 2 is 2.10 bits per heavy atom. The van der Waals surface area contributed by atoms with Gasteiger partial charge in [0.25, 0.3) is 0 Å². The van der Waals surface area contributed by atoms with E-state index in [1.165, 1.54) is 32.1 Å².